The highest BCUT2D eigenvalue weighted by molar-refractivity contribution is 6.21. The minimum atomic E-state index is -0.652. The number of hydrogen-bond acceptors (Lipinski definition) is 3. The third kappa shape index (κ3) is 1.65. The van der Waals surface area contributed by atoms with Gasteiger partial charge in [0.25, 0.3) is 11.8 Å². The fraction of sp³-hybridized carbons (Fsp3) is 0.385. The molecule has 0 atom stereocenters. The molecule has 0 saturated heterocycles. The summed E-state index contributed by atoms with van der Waals surface area (Å²) in [6.07, 6.45) is 0. The first kappa shape index (κ1) is 11.8. The quantitative estimate of drug-likeness (QED) is 0.782. The summed E-state index contributed by atoms with van der Waals surface area (Å²) < 4.78 is 0. The zero-order chi connectivity index (χ0) is 12.8. The van der Waals surface area contributed by atoms with Crippen LogP contribution in [0.4, 0.5) is 0 Å². The summed E-state index contributed by atoms with van der Waals surface area (Å²) in [7, 11) is 0. The van der Waals surface area contributed by atoms with Crippen LogP contribution in [0.15, 0.2) is 18.2 Å². The SMILES string of the molecule is Cc1ccc2c(c1)C(=O)N(C(C)(C)CN)C2=O. The van der Waals surface area contributed by atoms with Crippen LogP contribution < -0.4 is 5.73 Å². The van der Waals surface area contributed by atoms with E-state index in [1.807, 2.05) is 13.0 Å². The van der Waals surface area contributed by atoms with Crippen molar-refractivity contribution in [3.63, 3.8) is 0 Å². The molecule has 0 bridgehead atoms. The van der Waals surface area contributed by atoms with Gasteiger partial charge in [-0.05, 0) is 32.9 Å². The van der Waals surface area contributed by atoms with Crippen LogP contribution in [0, 0.1) is 6.92 Å². The van der Waals surface area contributed by atoms with Crippen LogP contribution in [-0.2, 0) is 0 Å². The molecular formula is C13H16N2O2. The third-order valence-corrected chi connectivity index (χ3v) is 3.15. The highest BCUT2D eigenvalue weighted by Gasteiger charge is 2.43. The summed E-state index contributed by atoms with van der Waals surface area (Å²) in [6.45, 7) is 5.73. The number of nitrogens with two attached hydrogens (primary N) is 1. The number of fused-ring (bicyclic) bond motifs is 1. The maximum atomic E-state index is 12.2. The predicted octanol–water partition coefficient (Wildman–Crippen LogP) is 1.33. The largest absolute Gasteiger partial charge is 0.328 e. The van der Waals surface area contributed by atoms with Gasteiger partial charge < -0.3 is 5.73 Å². The normalized spacial score (nSPS) is 15.4. The maximum absolute atomic E-state index is 12.2. The van der Waals surface area contributed by atoms with Gasteiger partial charge in [-0.2, -0.15) is 0 Å². The lowest BCUT2D eigenvalue weighted by atomic mass is 10.0. The molecule has 1 heterocycles. The molecular weight excluding hydrogens is 216 g/mol. The Balaban J connectivity index is 2.53. The highest BCUT2D eigenvalue weighted by atomic mass is 16.2. The number of rotatable bonds is 2. The average Bonchev–Trinajstić information content (AvgIpc) is 2.52. The number of hydrogen-bond donors (Lipinski definition) is 1. The van der Waals surface area contributed by atoms with Gasteiger partial charge in [-0.15, -0.1) is 0 Å². The molecule has 0 spiro atoms. The van der Waals surface area contributed by atoms with Gasteiger partial charge in [-0.25, -0.2) is 0 Å². The van der Waals surface area contributed by atoms with Crippen molar-refractivity contribution < 1.29 is 9.59 Å². The van der Waals surface area contributed by atoms with Crippen LogP contribution in [0.3, 0.4) is 0 Å². The lowest BCUT2D eigenvalue weighted by Gasteiger charge is -2.32. The molecule has 2 rings (SSSR count). The van der Waals surface area contributed by atoms with Crippen molar-refractivity contribution in [1.29, 1.82) is 0 Å². The van der Waals surface area contributed by atoms with Gasteiger partial charge in [0.1, 0.15) is 0 Å². The van der Waals surface area contributed by atoms with E-state index in [0.717, 1.165) is 5.56 Å². The van der Waals surface area contributed by atoms with Gasteiger partial charge in [-0.3, -0.25) is 14.5 Å². The van der Waals surface area contributed by atoms with E-state index in [4.69, 9.17) is 5.73 Å². The van der Waals surface area contributed by atoms with E-state index in [1.54, 1.807) is 26.0 Å². The van der Waals surface area contributed by atoms with Gasteiger partial charge in [0.05, 0.1) is 16.7 Å². The Kier molecular flexibility index (Phi) is 2.54. The number of carbonyl (C=O) groups is 2. The molecule has 1 aliphatic heterocycles. The van der Waals surface area contributed by atoms with Crippen molar-refractivity contribution in [2.24, 2.45) is 5.73 Å². The summed E-state index contributed by atoms with van der Waals surface area (Å²) in [4.78, 5) is 25.6. The van der Waals surface area contributed by atoms with Crippen LogP contribution >= 0.6 is 0 Å². The molecule has 2 amide bonds. The van der Waals surface area contributed by atoms with E-state index in [2.05, 4.69) is 0 Å². The standard InChI is InChI=1S/C13H16N2O2/c1-8-4-5-9-10(6-8)12(17)15(11(9)16)13(2,3)7-14/h4-6H,7,14H2,1-3H3. The fourth-order valence-corrected chi connectivity index (χ4v) is 2.00. The van der Waals surface area contributed by atoms with Crippen LogP contribution in [0.5, 0.6) is 0 Å². The Hall–Kier alpha value is -1.68. The first-order valence-corrected chi connectivity index (χ1v) is 5.58. The van der Waals surface area contributed by atoms with Gasteiger partial charge in [0, 0.05) is 6.54 Å². The number of amides is 2. The van der Waals surface area contributed by atoms with Gasteiger partial charge >= 0.3 is 0 Å². The van der Waals surface area contributed by atoms with Crippen molar-refractivity contribution in [3.8, 4) is 0 Å². The molecule has 0 saturated carbocycles. The number of imide groups is 1. The van der Waals surface area contributed by atoms with Gasteiger partial charge in [0.15, 0.2) is 0 Å². The number of benzene rings is 1. The molecule has 4 nitrogen and oxygen atoms in total. The van der Waals surface area contributed by atoms with Crippen molar-refractivity contribution in [3.05, 3.63) is 34.9 Å². The molecule has 0 aromatic heterocycles. The summed E-state index contributed by atoms with van der Waals surface area (Å²) in [6, 6.07) is 5.29. The zero-order valence-electron chi connectivity index (χ0n) is 10.3. The zero-order valence-corrected chi connectivity index (χ0v) is 10.3. The Morgan fingerprint density at radius 2 is 1.76 bits per heavy atom. The monoisotopic (exact) mass is 232 g/mol. The molecule has 90 valence electrons. The van der Waals surface area contributed by atoms with Crippen molar-refractivity contribution in [1.82, 2.24) is 4.90 Å². The summed E-state index contributed by atoms with van der Waals surface area (Å²) in [5, 5.41) is 0. The second-order valence-corrected chi connectivity index (χ2v) is 5.01. The van der Waals surface area contributed by atoms with Crippen LogP contribution in [-0.4, -0.2) is 28.8 Å². The minimum absolute atomic E-state index is 0.246. The molecule has 0 radical (unpaired) electrons. The second kappa shape index (κ2) is 3.67. The Morgan fingerprint density at radius 3 is 2.35 bits per heavy atom. The molecule has 2 N–H and O–H groups in total. The number of carbonyl (C=O) groups excluding carboxylic acids is 2. The molecule has 0 fully saturated rings. The predicted molar refractivity (Wildman–Crippen MR) is 64.8 cm³/mol. The fourth-order valence-electron chi connectivity index (χ4n) is 2.00. The van der Waals surface area contributed by atoms with Gasteiger partial charge in [0.2, 0.25) is 0 Å². The lowest BCUT2D eigenvalue weighted by Crippen LogP contribution is -2.52. The van der Waals surface area contributed by atoms with E-state index >= 15 is 0 Å². The number of nitrogens with zero attached hydrogens (tertiary/aromatic N) is 1. The van der Waals surface area contributed by atoms with Crippen molar-refractivity contribution in [2.75, 3.05) is 6.54 Å². The smallest absolute Gasteiger partial charge is 0.262 e. The van der Waals surface area contributed by atoms with Crippen LogP contribution in [0.1, 0.15) is 40.1 Å². The summed E-state index contributed by atoms with van der Waals surface area (Å²) in [5.74, 6) is -0.496. The van der Waals surface area contributed by atoms with E-state index < -0.39 is 5.54 Å². The third-order valence-electron chi connectivity index (χ3n) is 3.15. The topological polar surface area (TPSA) is 63.4 Å². The molecule has 17 heavy (non-hydrogen) atoms. The number of aryl methyl sites for hydroxylation is 1. The summed E-state index contributed by atoms with van der Waals surface area (Å²) >= 11 is 0. The Bertz CT molecular complexity index is 506. The van der Waals surface area contributed by atoms with E-state index in [1.165, 1.54) is 4.90 Å². The van der Waals surface area contributed by atoms with E-state index in [0.29, 0.717) is 11.1 Å². The maximum Gasteiger partial charge on any atom is 0.262 e. The highest BCUT2D eigenvalue weighted by Crippen LogP contribution is 2.29. The Morgan fingerprint density at radius 1 is 1.18 bits per heavy atom. The minimum Gasteiger partial charge on any atom is -0.328 e. The molecule has 0 unspecified atom stereocenters. The van der Waals surface area contributed by atoms with Crippen LogP contribution in [0.25, 0.3) is 0 Å². The van der Waals surface area contributed by atoms with Gasteiger partial charge in [-0.1, -0.05) is 11.6 Å². The van der Waals surface area contributed by atoms with E-state index in [9.17, 15) is 9.59 Å². The Labute approximate surface area is 100 Å². The van der Waals surface area contributed by atoms with Crippen molar-refractivity contribution >= 4 is 11.8 Å². The molecule has 0 aliphatic carbocycles. The summed E-state index contributed by atoms with van der Waals surface area (Å²) in [5.41, 5.74) is 6.90. The molecule has 1 aromatic rings. The first-order chi connectivity index (χ1) is 7.88. The van der Waals surface area contributed by atoms with Crippen molar-refractivity contribution in [2.45, 2.75) is 26.3 Å². The molecule has 4 heteroatoms. The van der Waals surface area contributed by atoms with E-state index in [-0.39, 0.29) is 18.4 Å². The molecule has 1 aromatic carbocycles. The van der Waals surface area contributed by atoms with Crippen LogP contribution in [0.2, 0.25) is 0 Å². The second-order valence-electron chi connectivity index (χ2n) is 5.01. The average molecular weight is 232 g/mol. The molecule has 1 aliphatic rings. The lowest BCUT2D eigenvalue weighted by molar-refractivity contribution is 0.0493. The first-order valence-electron chi connectivity index (χ1n) is 5.58.